The lowest BCUT2D eigenvalue weighted by molar-refractivity contribution is -0.147. The maximum atomic E-state index is 12.9. The molecule has 2 N–H and O–H groups in total. The van der Waals surface area contributed by atoms with Crippen molar-refractivity contribution in [2.75, 3.05) is 6.54 Å². The summed E-state index contributed by atoms with van der Waals surface area (Å²) in [7, 11) is 0. The number of nitrogens with zero attached hydrogens (tertiary/aromatic N) is 1. The molecule has 0 saturated carbocycles. The molecule has 3 rings (SSSR count). The molecule has 28 heavy (non-hydrogen) atoms. The third-order valence-corrected chi connectivity index (χ3v) is 5.35. The Morgan fingerprint density at radius 1 is 1.29 bits per heavy atom. The Hall–Kier alpha value is -3.07. The molecule has 2 aromatic heterocycles. The second-order valence-electron chi connectivity index (χ2n) is 6.24. The SMILES string of the molecule is Cc1sc2nc([C@H](C)OC(=O)CNC(=O)c3ccc(F)cc3)[nH]c(=O)c2c1C. The van der Waals surface area contributed by atoms with Gasteiger partial charge in [0.1, 0.15) is 17.2 Å². The fourth-order valence-corrected chi connectivity index (χ4v) is 3.65. The normalized spacial score (nSPS) is 12.0. The van der Waals surface area contributed by atoms with E-state index in [1.54, 1.807) is 6.92 Å². The molecule has 0 saturated heterocycles. The summed E-state index contributed by atoms with van der Waals surface area (Å²) in [6.45, 7) is 4.98. The number of ether oxygens (including phenoxy) is 1. The van der Waals surface area contributed by atoms with Gasteiger partial charge >= 0.3 is 5.97 Å². The molecule has 3 aromatic rings. The minimum Gasteiger partial charge on any atom is -0.453 e. The zero-order valence-corrected chi connectivity index (χ0v) is 16.3. The van der Waals surface area contributed by atoms with Crippen LogP contribution in [0.1, 0.15) is 39.7 Å². The van der Waals surface area contributed by atoms with Crippen LogP contribution in [0.5, 0.6) is 0 Å². The van der Waals surface area contributed by atoms with Crippen LogP contribution in [0.25, 0.3) is 10.2 Å². The van der Waals surface area contributed by atoms with E-state index >= 15 is 0 Å². The van der Waals surface area contributed by atoms with Crippen LogP contribution in [0, 0.1) is 19.7 Å². The molecule has 0 unspecified atom stereocenters. The molecule has 9 heteroatoms. The minimum atomic E-state index is -0.796. The van der Waals surface area contributed by atoms with Gasteiger partial charge in [-0.2, -0.15) is 0 Å². The molecule has 1 atom stereocenters. The van der Waals surface area contributed by atoms with E-state index in [9.17, 15) is 18.8 Å². The Morgan fingerprint density at radius 2 is 1.96 bits per heavy atom. The highest BCUT2D eigenvalue weighted by molar-refractivity contribution is 7.18. The number of fused-ring (bicyclic) bond motifs is 1. The second kappa shape index (κ2) is 7.89. The van der Waals surface area contributed by atoms with E-state index in [4.69, 9.17) is 4.74 Å². The van der Waals surface area contributed by atoms with Crippen molar-refractivity contribution >= 4 is 33.4 Å². The number of H-pyrrole nitrogens is 1. The predicted octanol–water partition coefficient (Wildman–Crippen LogP) is 2.77. The molecule has 2 heterocycles. The quantitative estimate of drug-likeness (QED) is 0.638. The van der Waals surface area contributed by atoms with Crippen molar-refractivity contribution in [2.24, 2.45) is 0 Å². The zero-order valence-electron chi connectivity index (χ0n) is 15.5. The van der Waals surface area contributed by atoms with Crippen LogP contribution >= 0.6 is 11.3 Å². The molecule has 0 spiro atoms. The standard InChI is InChI=1S/C19H18FN3O4S/c1-9-11(3)28-19-15(9)18(26)22-16(23-19)10(2)27-14(24)8-21-17(25)12-4-6-13(20)7-5-12/h4-7,10H,8H2,1-3H3,(H,21,25)(H,22,23,26)/t10-/m0/s1. The first kappa shape index (κ1) is 19.7. The van der Waals surface area contributed by atoms with E-state index in [1.165, 1.54) is 23.5 Å². The smallest absolute Gasteiger partial charge is 0.326 e. The number of benzene rings is 1. The van der Waals surface area contributed by atoms with Crippen molar-refractivity contribution in [3.63, 3.8) is 0 Å². The van der Waals surface area contributed by atoms with Crippen molar-refractivity contribution < 1.29 is 18.7 Å². The molecule has 1 aromatic carbocycles. The van der Waals surface area contributed by atoms with E-state index in [1.807, 2.05) is 13.8 Å². The van der Waals surface area contributed by atoms with Gasteiger partial charge in [0.2, 0.25) is 0 Å². The first-order valence-electron chi connectivity index (χ1n) is 8.49. The Kier molecular flexibility index (Phi) is 5.55. The van der Waals surface area contributed by atoms with Crippen molar-refractivity contribution in [3.05, 3.63) is 62.3 Å². The average molecular weight is 403 g/mol. The number of hydrogen-bond acceptors (Lipinski definition) is 6. The number of esters is 1. The van der Waals surface area contributed by atoms with Gasteiger partial charge in [-0.15, -0.1) is 11.3 Å². The van der Waals surface area contributed by atoms with Crippen LogP contribution in [-0.2, 0) is 9.53 Å². The van der Waals surface area contributed by atoms with Gasteiger partial charge in [-0.05, 0) is 50.6 Å². The van der Waals surface area contributed by atoms with Gasteiger partial charge in [0, 0.05) is 10.4 Å². The second-order valence-corrected chi connectivity index (χ2v) is 7.44. The first-order valence-corrected chi connectivity index (χ1v) is 9.31. The van der Waals surface area contributed by atoms with Crippen molar-refractivity contribution in [2.45, 2.75) is 26.9 Å². The minimum absolute atomic E-state index is 0.224. The van der Waals surface area contributed by atoms with Gasteiger partial charge in [0.15, 0.2) is 11.9 Å². The molecule has 0 bridgehead atoms. The molecule has 0 aliphatic rings. The highest BCUT2D eigenvalue weighted by atomic mass is 32.1. The van der Waals surface area contributed by atoms with Crippen molar-refractivity contribution in [3.8, 4) is 0 Å². The van der Waals surface area contributed by atoms with Gasteiger partial charge in [-0.25, -0.2) is 9.37 Å². The number of thiophene rings is 1. The number of aromatic amines is 1. The van der Waals surface area contributed by atoms with Gasteiger partial charge < -0.3 is 15.0 Å². The average Bonchev–Trinajstić information content (AvgIpc) is 2.94. The summed E-state index contributed by atoms with van der Waals surface area (Å²) in [5.74, 6) is -1.44. The third kappa shape index (κ3) is 4.09. The number of carbonyl (C=O) groups excluding carboxylic acids is 2. The van der Waals surface area contributed by atoms with Crippen LogP contribution in [0.3, 0.4) is 0 Å². The predicted molar refractivity (Wildman–Crippen MR) is 103 cm³/mol. The van der Waals surface area contributed by atoms with Gasteiger partial charge in [0.25, 0.3) is 11.5 Å². The van der Waals surface area contributed by atoms with E-state index in [0.717, 1.165) is 22.6 Å². The summed E-state index contributed by atoms with van der Waals surface area (Å²) in [6, 6.07) is 4.93. The summed E-state index contributed by atoms with van der Waals surface area (Å²) in [4.78, 5) is 44.9. The topological polar surface area (TPSA) is 101 Å². The molecule has 0 fully saturated rings. The summed E-state index contributed by atoms with van der Waals surface area (Å²) in [5, 5.41) is 2.94. The lowest BCUT2D eigenvalue weighted by Crippen LogP contribution is -2.31. The van der Waals surface area contributed by atoms with Crippen LogP contribution in [-0.4, -0.2) is 28.4 Å². The lowest BCUT2D eigenvalue weighted by atomic mass is 10.2. The molecule has 1 amide bonds. The number of hydrogen-bond donors (Lipinski definition) is 2. The third-order valence-electron chi connectivity index (χ3n) is 4.25. The highest BCUT2D eigenvalue weighted by Crippen LogP contribution is 2.26. The van der Waals surface area contributed by atoms with Crippen LogP contribution < -0.4 is 10.9 Å². The Labute approximate surface area is 163 Å². The number of amides is 1. The Morgan fingerprint density at radius 3 is 2.64 bits per heavy atom. The van der Waals surface area contributed by atoms with Crippen molar-refractivity contribution in [1.82, 2.24) is 15.3 Å². The molecular formula is C19H18FN3O4S. The Bertz CT molecular complexity index is 1100. The molecule has 146 valence electrons. The number of carbonyl (C=O) groups is 2. The van der Waals surface area contributed by atoms with Crippen LogP contribution in [0.15, 0.2) is 29.1 Å². The number of nitrogens with one attached hydrogen (secondary N) is 2. The first-order chi connectivity index (χ1) is 13.3. The largest absolute Gasteiger partial charge is 0.453 e. The van der Waals surface area contributed by atoms with Crippen LogP contribution in [0.4, 0.5) is 4.39 Å². The Balaban J connectivity index is 1.64. The van der Waals surface area contributed by atoms with Gasteiger partial charge in [-0.3, -0.25) is 14.4 Å². The molecule has 7 nitrogen and oxygen atoms in total. The monoisotopic (exact) mass is 403 g/mol. The number of aryl methyl sites for hydroxylation is 2. The van der Waals surface area contributed by atoms with Crippen LogP contribution in [0.2, 0.25) is 0 Å². The lowest BCUT2D eigenvalue weighted by Gasteiger charge is -2.13. The van der Waals surface area contributed by atoms with E-state index in [-0.39, 0.29) is 23.5 Å². The number of aromatic nitrogens is 2. The summed E-state index contributed by atoms with van der Waals surface area (Å²) in [6.07, 6.45) is -0.796. The maximum Gasteiger partial charge on any atom is 0.326 e. The van der Waals surface area contributed by atoms with E-state index in [2.05, 4.69) is 15.3 Å². The summed E-state index contributed by atoms with van der Waals surface area (Å²) < 4.78 is 18.1. The summed E-state index contributed by atoms with van der Waals surface area (Å²) >= 11 is 1.40. The summed E-state index contributed by atoms with van der Waals surface area (Å²) in [5.41, 5.74) is 0.824. The highest BCUT2D eigenvalue weighted by Gasteiger charge is 2.18. The van der Waals surface area contributed by atoms with E-state index < -0.39 is 23.8 Å². The molecule has 0 aliphatic heterocycles. The fourth-order valence-electron chi connectivity index (χ4n) is 2.61. The number of rotatable bonds is 5. The molecular weight excluding hydrogens is 385 g/mol. The fraction of sp³-hybridized carbons (Fsp3) is 0.263. The molecule has 0 radical (unpaired) electrons. The van der Waals surface area contributed by atoms with Gasteiger partial charge in [0.05, 0.1) is 5.39 Å². The number of halogens is 1. The zero-order chi connectivity index (χ0) is 20.4. The van der Waals surface area contributed by atoms with Crippen molar-refractivity contribution in [1.29, 1.82) is 0 Å². The maximum absolute atomic E-state index is 12.9. The molecule has 0 aliphatic carbocycles. The van der Waals surface area contributed by atoms with E-state index in [0.29, 0.717) is 10.2 Å². The van der Waals surface area contributed by atoms with Gasteiger partial charge in [-0.1, -0.05) is 0 Å².